The average Bonchev–Trinajstić information content (AvgIpc) is 2.36. The molecular formula is C8H12N2. The van der Waals surface area contributed by atoms with Crippen LogP contribution in [0.3, 0.4) is 0 Å². The summed E-state index contributed by atoms with van der Waals surface area (Å²) < 4.78 is 1.97. The summed E-state index contributed by atoms with van der Waals surface area (Å²) in [6.07, 6.45) is 4.62. The monoisotopic (exact) mass is 136 g/mol. The predicted octanol–water partition coefficient (Wildman–Crippen LogP) is 1.63. The number of rotatable bonds is 3. The molecule has 1 heterocycles. The summed E-state index contributed by atoms with van der Waals surface area (Å²) in [6.45, 7) is 6.69. The van der Waals surface area contributed by atoms with Gasteiger partial charge in [0.05, 0.1) is 0 Å². The zero-order valence-electron chi connectivity index (χ0n) is 6.25. The molecular weight excluding hydrogens is 124 g/mol. The Morgan fingerprint density at radius 3 is 3.20 bits per heavy atom. The van der Waals surface area contributed by atoms with Crippen molar-refractivity contribution in [2.45, 2.75) is 19.9 Å². The highest BCUT2D eigenvalue weighted by Crippen LogP contribution is 1.99. The van der Waals surface area contributed by atoms with Crippen LogP contribution in [0.15, 0.2) is 24.9 Å². The minimum atomic E-state index is 0.911. The van der Waals surface area contributed by atoms with E-state index >= 15 is 0 Å². The first-order valence-electron chi connectivity index (χ1n) is 3.50. The van der Waals surface area contributed by atoms with E-state index in [0.717, 1.165) is 13.0 Å². The Labute approximate surface area is 61.2 Å². The van der Waals surface area contributed by atoms with Gasteiger partial charge in [-0.3, -0.25) is 4.68 Å². The third-order valence-corrected chi connectivity index (χ3v) is 1.46. The van der Waals surface area contributed by atoms with Gasteiger partial charge in [-0.1, -0.05) is 6.08 Å². The first kappa shape index (κ1) is 7.06. The molecule has 2 nitrogen and oxygen atoms in total. The lowest BCUT2D eigenvalue weighted by Gasteiger charge is -1.99. The van der Waals surface area contributed by atoms with Crippen LogP contribution >= 0.6 is 0 Å². The Bertz CT molecular complexity index is 213. The van der Waals surface area contributed by atoms with Gasteiger partial charge in [0.15, 0.2) is 0 Å². The van der Waals surface area contributed by atoms with Crippen molar-refractivity contribution in [1.29, 1.82) is 0 Å². The van der Waals surface area contributed by atoms with Crippen LogP contribution in [0.5, 0.6) is 0 Å². The van der Waals surface area contributed by atoms with Gasteiger partial charge < -0.3 is 0 Å². The van der Waals surface area contributed by atoms with Gasteiger partial charge in [-0.05, 0) is 13.0 Å². The van der Waals surface area contributed by atoms with E-state index in [4.69, 9.17) is 0 Å². The quantitative estimate of drug-likeness (QED) is 0.577. The van der Waals surface area contributed by atoms with E-state index in [0.29, 0.717) is 0 Å². The number of aromatic nitrogens is 2. The first-order valence-corrected chi connectivity index (χ1v) is 3.50. The van der Waals surface area contributed by atoms with Crippen molar-refractivity contribution < 1.29 is 0 Å². The van der Waals surface area contributed by atoms with Crippen LogP contribution in [-0.2, 0) is 13.0 Å². The van der Waals surface area contributed by atoms with Gasteiger partial charge in [-0.2, -0.15) is 5.10 Å². The van der Waals surface area contributed by atoms with Gasteiger partial charge in [-0.15, -0.1) is 6.58 Å². The van der Waals surface area contributed by atoms with Crippen LogP contribution in [0.2, 0.25) is 0 Å². The number of hydrogen-bond donors (Lipinski definition) is 0. The fraction of sp³-hybridized carbons (Fsp3) is 0.375. The molecule has 1 aromatic rings. The summed E-state index contributed by atoms with van der Waals surface area (Å²) in [6, 6.07) is 2.02. The van der Waals surface area contributed by atoms with Crippen LogP contribution in [0.25, 0.3) is 0 Å². The molecule has 0 amide bonds. The number of aryl methyl sites for hydroxylation is 1. The lowest BCUT2D eigenvalue weighted by atomic mass is 10.3. The van der Waals surface area contributed by atoms with E-state index in [2.05, 4.69) is 18.6 Å². The molecule has 0 aliphatic carbocycles. The minimum absolute atomic E-state index is 0.911. The molecule has 0 spiro atoms. The van der Waals surface area contributed by atoms with Gasteiger partial charge in [0.25, 0.3) is 0 Å². The second-order valence-corrected chi connectivity index (χ2v) is 2.13. The summed E-state index contributed by atoms with van der Waals surface area (Å²) in [7, 11) is 0. The van der Waals surface area contributed by atoms with Crippen molar-refractivity contribution in [3.8, 4) is 0 Å². The summed E-state index contributed by atoms with van der Waals surface area (Å²) in [4.78, 5) is 0. The Morgan fingerprint density at radius 2 is 2.60 bits per heavy atom. The van der Waals surface area contributed by atoms with E-state index in [9.17, 15) is 0 Å². The summed E-state index contributed by atoms with van der Waals surface area (Å²) in [5.74, 6) is 0. The van der Waals surface area contributed by atoms with Crippen LogP contribution in [0, 0.1) is 0 Å². The molecule has 0 aliphatic heterocycles. The van der Waals surface area contributed by atoms with Gasteiger partial charge in [0.2, 0.25) is 0 Å². The molecule has 0 atom stereocenters. The molecule has 0 aromatic carbocycles. The predicted molar refractivity (Wildman–Crippen MR) is 41.8 cm³/mol. The van der Waals surface area contributed by atoms with Crippen molar-refractivity contribution in [1.82, 2.24) is 9.78 Å². The maximum absolute atomic E-state index is 4.12. The van der Waals surface area contributed by atoms with Crippen molar-refractivity contribution in [3.05, 3.63) is 30.6 Å². The normalized spacial score (nSPS) is 9.70. The van der Waals surface area contributed by atoms with E-state index in [1.54, 1.807) is 0 Å². The van der Waals surface area contributed by atoms with Crippen LogP contribution in [-0.4, -0.2) is 9.78 Å². The van der Waals surface area contributed by atoms with Gasteiger partial charge in [-0.25, -0.2) is 0 Å². The Hall–Kier alpha value is -1.05. The number of nitrogens with zero attached hydrogens (tertiary/aromatic N) is 2. The molecule has 0 radical (unpaired) electrons. The lowest BCUT2D eigenvalue weighted by Crippen LogP contribution is -2.00. The van der Waals surface area contributed by atoms with Crippen molar-refractivity contribution in [2.24, 2.45) is 0 Å². The second kappa shape index (κ2) is 3.20. The lowest BCUT2D eigenvalue weighted by molar-refractivity contribution is 0.632. The smallest absolute Gasteiger partial charge is 0.0492 e. The molecule has 0 fully saturated rings. The summed E-state index contributed by atoms with van der Waals surface area (Å²) >= 11 is 0. The summed E-state index contributed by atoms with van der Waals surface area (Å²) in [5, 5.41) is 4.12. The third kappa shape index (κ3) is 1.26. The summed E-state index contributed by atoms with van der Waals surface area (Å²) in [5.41, 5.74) is 1.23. The molecule has 0 N–H and O–H groups in total. The molecule has 1 rings (SSSR count). The maximum Gasteiger partial charge on any atom is 0.0492 e. The Morgan fingerprint density at radius 1 is 1.80 bits per heavy atom. The van der Waals surface area contributed by atoms with Crippen LogP contribution in [0.4, 0.5) is 0 Å². The Kier molecular flexibility index (Phi) is 2.26. The highest BCUT2D eigenvalue weighted by atomic mass is 15.3. The van der Waals surface area contributed by atoms with Crippen molar-refractivity contribution >= 4 is 0 Å². The highest BCUT2D eigenvalue weighted by molar-refractivity contribution is 5.04. The maximum atomic E-state index is 4.12. The van der Waals surface area contributed by atoms with Crippen LogP contribution < -0.4 is 0 Å². The first-order chi connectivity index (χ1) is 4.88. The molecule has 0 unspecified atom stereocenters. The Balaban J connectivity index is 2.79. The minimum Gasteiger partial charge on any atom is -0.270 e. The molecule has 0 saturated carbocycles. The number of allylic oxidation sites excluding steroid dienone is 1. The zero-order valence-corrected chi connectivity index (χ0v) is 6.25. The topological polar surface area (TPSA) is 17.8 Å². The SMILES string of the molecule is C=CCc1ccnn1CC. The highest BCUT2D eigenvalue weighted by Gasteiger charge is 1.95. The standard InChI is InChI=1S/C8H12N2/c1-3-5-8-6-7-9-10(8)4-2/h3,6-7H,1,4-5H2,2H3. The van der Waals surface area contributed by atoms with Gasteiger partial charge >= 0.3 is 0 Å². The van der Waals surface area contributed by atoms with E-state index in [1.807, 2.05) is 23.0 Å². The molecule has 10 heavy (non-hydrogen) atoms. The molecule has 0 saturated heterocycles. The number of hydrogen-bond acceptors (Lipinski definition) is 1. The molecule has 0 aliphatic rings. The van der Waals surface area contributed by atoms with Gasteiger partial charge in [0.1, 0.15) is 0 Å². The largest absolute Gasteiger partial charge is 0.270 e. The molecule has 1 aromatic heterocycles. The van der Waals surface area contributed by atoms with Crippen molar-refractivity contribution in [2.75, 3.05) is 0 Å². The molecule has 2 heteroatoms. The molecule has 0 bridgehead atoms. The average molecular weight is 136 g/mol. The third-order valence-electron chi connectivity index (χ3n) is 1.46. The van der Waals surface area contributed by atoms with E-state index in [-0.39, 0.29) is 0 Å². The van der Waals surface area contributed by atoms with E-state index in [1.165, 1.54) is 5.69 Å². The van der Waals surface area contributed by atoms with Crippen molar-refractivity contribution in [3.63, 3.8) is 0 Å². The van der Waals surface area contributed by atoms with E-state index < -0.39 is 0 Å². The fourth-order valence-corrected chi connectivity index (χ4v) is 0.966. The second-order valence-electron chi connectivity index (χ2n) is 2.13. The fourth-order valence-electron chi connectivity index (χ4n) is 0.966. The zero-order chi connectivity index (χ0) is 7.40. The van der Waals surface area contributed by atoms with Gasteiger partial charge in [0, 0.05) is 24.9 Å². The molecule has 54 valence electrons. The van der Waals surface area contributed by atoms with Crippen LogP contribution in [0.1, 0.15) is 12.6 Å².